The van der Waals surface area contributed by atoms with Gasteiger partial charge in [-0.25, -0.2) is 0 Å². The fraction of sp³-hybridized carbons (Fsp3) is 0.333. The summed E-state index contributed by atoms with van der Waals surface area (Å²) in [5.74, 6) is 1.64. The molecule has 32 heavy (non-hydrogen) atoms. The molecule has 8 heteroatoms. The Morgan fingerprint density at radius 1 is 1.06 bits per heavy atom. The number of H-pyrrole nitrogens is 1. The average Bonchev–Trinajstić information content (AvgIpc) is 3.30. The van der Waals surface area contributed by atoms with Gasteiger partial charge in [0.25, 0.3) is 0 Å². The van der Waals surface area contributed by atoms with Crippen LogP contribution in [0.3, 0.4) is 0 Å². The van der Waals surface area contributed by atoms with E-state index in [4.69, 9.17) is 23.7 Å². The molecule has 2 rings (SSSR count). The first-order chi connectivity index (χ1) is 15.4. The Bertz CT molecular complexity index is 968. The highest BCUT2D eigenvalue weighted by Crippen LogP contribution is 2.29. The Morgan fingerprint density at radius 3 is 2.31 bits per heavy atom. The van der Waals surface area contributed by atoms with E-state index < -0.39 is 0 Å². The van der Waals surface area contributed by atoms with Gasteiger partial charge < -0.3 is 23.7 Å². The minimum atomic E-state index is -0.249. The number of nitrogens with zero attached hydrogens (tertiary/aromatic N) is 1. The molecule has 172 valence electrons. The van der Waals surface area contributed by atoms with Crippen LogP contribution in [0.5, 0.6) is 11.5 Å². The van der Waals surface area contributed by atoms with Gasteiger partial charge in [-0.3, -0.25) is 9.89 Å². The van der Waals surface area contributed by atoms with Crippen molar-refractivity contribution >= 4 is 11.9 Å². The molecule has 0 radical (unpaired) electrons. The number of aromatic nitrogens is 2. The third kappa shape index (κ3) is 7.11. The lowest BCUT2D eigenvalue weighted by Crippen LogP contribution is -2.07. The van der Waals surface area contributed by atoms with Crippen molar-refractivity contribution in [1.29, 1.82) is 0 Å². The molecule has 0 bridgehead atoms. The molecule has 0 amide bonds. The van der Waals surface area contributed by atoms with E-state index in [9.17, 15) is 4.79 Å². The second kappa shape index (κ2) is 12.5. The standard InChI is InChI=1S/C24H30N2O6/c1-16(29-3)9-18(12-22(32-6)15-28-2)24(27)8-7-19-13-23(26-25-19)17-10-20(30-4)14-21(11-17)31-5/h7-14,16H,15H2,1-6H3,(H,25,26). The first kappa shape index (κ1) is 24.9. The average molecular weight is 443 g/mol. The molecule has 0 saturated carbocycles. The van der Waals surface area contributed by atoms with E-state index in [-0.39, 0.29) is 18.5 Å². The van der Waals surface area contributed by atoms with Gasteiger partial charge in [0.15, 0.2) is 5.78 Å². The number of ketones is 1. The molecule has 0 aliphatic carbocycles. The van der Waals surface area contributed by atoms with Crippen LogP contribution in [0.4, 0.5) is 0 Å². The van der Waals surface area contributed by atoms with E-state index in [1.54, 1.807) is 52.7 Å². The second-order valence-electron chi connectivity index (χ2n) is 6.82. The highest BCUT2D eigenvalue weighted by Gasteiger charge is 2.10. The van der Waals surface area contributed by atoms with E-state index in [0.717, 1.165) is 5.56 Å². The molecule has 1 atom stereocenters. The van der Waals surface area contributed by atoms with Gasteiger partial charge in [-0.15, -0.1) is 0 Å². The molecule has 8 nitrogen and oxygen atoms in total. The van der Waals surface area contributed by atoms with Crippen LogP contribution in [-0.2, 0) is 19.0 Å². The minimum Gasteiger partial charge on any atom is -0.499 e. The Kier molecular flexibility index (Phi) is 9.72. The fourth-order valence-electron chi connectivity index (χ4n) is 2.78. The van der Waals surface area contributed by atoms with Crippen molar-refractivity contribution in [2.75, 3.05) is 42.2 Å². The molecule has 1 unspecified atom stereocenters. The number of hydrogen-bond donors (Lipinski definition) is 1. The zero-order valence-electron chi connectivity index (χ0n) is 19.3. The molecule has 1 aromatic carbocycles. The van der Waals surface area contributed by atoms with Crippen LogP contribution in [0, 0.1) is 0 Å². The highest BCUT2D eigenvalue weighted by molar-refractivity contribution is 6.08. The van der Waals surface area contributed by atoms with Crippen LogP contribution < -0.4 is 9.47 Å². The van der Waals surface area contributed by atoms with Crippen LogP contribution in [0.2, 0.25) is 0 Å². The molecule has 0 aliphatic heterocycles. The number of aromatic amines is 1. The van der Waals surface area contributed by atoms with Gasteiger partial charge in [-0.05, 0) is 49.4 Å². The summed E-state index contributed by atoms with van der Waals surface area (Å²) in [5.41, 5.74) is 2.62. The van der Waals surface area contributed by atoms with Gasteiger partial charge in [-0.2, -0.15) is 5.10 Å². The third-order valence-electron chi connectivity index (χ3n) is 4.59. The SMILES string of the molecule is COCC(=CC(=CC(C)OC)C(=O)C=Cc1cc(-c2cc(OC)cc(OC)c2)n[nH]1)OC. The zero-order chi connectivity index (χ0) is 23.5. The van der Waals surface area contributed by atoms with Gasteiger partial charge in [0, 0.05) is 31.4 Å². The largest absolute Gasteiger partial charge is 0.499 e. The smallest absolute Gasteiger partial charge is 0.185 e. The molecular weight excluding hydrogens is 412 g/mol. The van der Waals surface area contributed by atoms with Crippen molar-refractivity contribution in [1.82, 2.24) is 10.2 Å². The van der Waals surface area contributed by atoms with Crippen molar-refractivity contribution in [3.05, 3.63) is 59.5 Å². The predicted octanol–water partition coefficient (Wildman–Crippen LogP) is 3.81. The lowest BCUT2D eigenvalue weighted by molar-refractivity contribution is -0.111. The van der Waals surface area contributed by atoms with Crippen LogP contribution >= 0.6 is 0 Å². The molecule has 0 saturated heterocycles. The lowest BCUT2D eigenvalue weighted by atomic mass is 10.1. The van der Waals surface area contributed by atoms with Crippen molar-refractivity contribution < 1.29 is 28.5 Å². The summed E-state index contributed by atoms with van der Waals surface area (Å²) in [7, 11) is 7.85. The summed E-state index contributed by atoms with van der Waals surface area (Å²) in [6.07, 6.45) is 6.25. The number of carbonyl (C=O) groups is 1. The summed E-state index contributed by atoms with van der Waals surface area (Å²) in [6.45, 7) is 2.09. The number of nitrogens with one attached hydrogen (secondary N) is 1. The lowest BCUT2D eigenvalue weighted by Gasteiger charge is -2.08. The van der Waals surface area contributed by atoms with Crippen LogP contribution in [0.15, 0.2) is 53.8 Å². The summed E-state index contributed by atoms with van der Waals surface area (Å²) in [5, 5.41) is 7.25. The zero-order valence-corrected chi connectivity index (χ0v) is 19.3. The van der Waals surface area contributed by atoms with E-state index in [2.05, 4.69) is 10.2 Å². The second-order valence-corrected chi connectivity index (χ2v) is 6.82. The van der Waals surface area contributed by atoms with Crippen LogP contribution in [0.1, 0.15) is 12.6 Å². The quantitative estimate of drug-likeness (QED) is 0.304. The number of benzene rings is 1. The van der Waals surface area contributed by atoms with Crippen molar-refractivity contribution in [2.24, 2.45) is 0 Å². The Hall–Kier alpha value is -3.36. The molecule has 1 aromatic heterocycles. The molecular formula is C24H30N2O6. The van der Waals surface area contributed by atoms with Crippen LogP contribution in [0.25, 0.3) is 17.3 Å². The van der Waals surface area contributed by atoms with Gasteiger partial charge in [0.2, 0.25) is 0 Å². The van der Waals surface area contributed by atoms with Gasteiger partial charge in [0.1, 0.15) is 23.9 Å². The normalized spacial score (nSPS) is 13.3. The Balaban J connectivity index is 2.27. The summed E-state index contributed by atoms with van der Waals surface area (Å²) in [4.78, 5) is 12.8. The van der Waals surface area contributed by atoms with Gasteiger partial charge >= 0.3 is 0 Å². The number of allylic oxidation sites excluding steroid dienone is 3. The predicted molar refractivity (Wildman–Crippen MR) is 123 cm³/mol. The maximum absolute atomic E-state index is 12.8. The number of ether oxygens (including phenoxy) is 5. The van der Waals surface area contributed by atoms with Crippen molar-refractivity contribution in [3.63, 3.8) is 0 Å². The first-order valence-corrected chi connectivity index (χ1v) is 9.93. The molecule has 1 N–H and O–H groups in total. The van der Waals surface area contributed by atoms with Crippen LogP contribution in [-0.4, -0.2) is 64.2 Å². The maximum Gasteiger partial charge on any atom is 0.185 e. The number of carbonyl (C=O) groups excluding carboxylic acids is 1. The van der Waals surface area contributed by atoms with Gasteiger partial charge in [0.05, 0.1) is 38.8 Å². The minimum absolute atomic E-state index is 0.209. The number of rotatable bonds is 12. The molecule has 0 fully saturated rings. The Morgan fingerprint density at radius 2 is 1.75 bits per heavy atom. The highest BCUT2D eigenvalue weighted by atomic mass is 16.5. The topological polar surface area (TPSA) is 91.9 Å². The fourth-order valence-corrected chi connectivity index (χ4v) is 2.78. The van der Waals surface area contributed by atoms with Gasteiger partial charge in [-0.1, -0.05) is 0 Å². The van der Waals surface area contributed by atoms with E-state index in [1.807, 2.05) is 25.1 Å². The molecule has 0 spiro atoms. The van der Waals surface area contributed by atoms with Crippen molar-refractivity contribution in [3.8, 4) is 22.8 Å². The van der Waals surface area contributed by atoms with E-state index in [0.29, 0.717) is 34.2 Å². The Labute approximate surface area is 188 Å². The first-order valence-electron chi connectivity index (χ1n) is 9.93. The van der Waals surface area contributed by atoms with Crippen molar-refractivity contribution in [2.45, 2.75) is 13.0 Å². The molecule has 0 aliphatic rings. The summed E-state index contributed by atoms with van der Waals surface area (Å²) in [6, 6.07) is 7.34. The summed E-state index contributed by atoms with van der Waals surface area (Å²) < 4.78 is 26.3. The molecule has 1 heterocycles. The summed E-state index contributed by atoms with van der Waals surface area (Å²) >= 11 is 0. The molecule has 2 aromatic rings. The number of methoxy groups -OCH3 is 5. The third-order valence-corrected chi connectivity index (χ3v) is 4.59. The van der Waals surface area contributed by atoms with E-state index >= 15 is 0 Å². The number of hydrogen-bond acceptors (Lipinski definition) is 7. The monoisotopic (exact) mass is 442 g/mol. The van der Waals surface area contributed by atoms with E-state index in [1.165, 1.54) is 13.2 Å². The maximum atomic E-state index is 12.8.